The molecule has 1 rings (SSSR count). The third-order valence-corrected chi connectivity index (χ3v) is 1.43. The number of aldehydes is 1. The Balaban J connectivity index is 2.70. The van der Waals surface area contributed by atoms with Crippen LogP contribution in [-0.4, -0.2) is 6.29 Å². The molecule has 0 aromatic rings. The Bertz CT molecular complexity index is 165. The predicted octanol–water partition coefficient (Wildman–Crippen LogP) is 1.71. The maximum absolute atomic E-state index is 10.2. The van der Waals surface area contributed by atoms with Crippen molar-refractivity contribution < 1.29 is 4.79 Å². The van der Waals surface area contributed by atoms with Crippen LogP contribution in [0.4, 0.5) is 0 Å². The summed E-state index contributed by atoms with van der Waals surface area (Å²) in [6.07, 6.45) is 7.86. The van der Waals surface area contributed by atoms with Crippen molar-refractivity contribution in [1.82, 2.24) is 0 Å². The Labute approximate surface area is 55.1 Å². The third kappa shape index (κ3) is 1.53. The van der Waals surface area contributed by atoms with E-state index in [-0.39, 0.29) is 0 Å². The Hall–Kier alpha value is -0.850. The molecule has 0 bridgehead atoms. The predicted molar refractivity (Wildman–Crippen MR) is 37.1 cm³/mol. The van der Waals surface area contributed by atoms with Gasteiger partial charge in [-0.1, -0.05) is 25.2 Å². The maximum Gasteiger partial charge on any atom is 0.149 e. The van der Waals surface area contributed by atoms with Crippen molar-refractivity contribution in [3.63, 3.8) is 0 Å². The van der Waals surface area contributed by atoms with Gasteiger partial charge in [-0.2, -0.15) is 0 Å². The molecule has 0 saturated heterocycles. The van der Waals surface area contributed by atoms with E-state index in [4.69, 9.17) is 0 Å². The molecule has 0 fully saturated rings. The highest BCUT2D eigenvalue weighted by Crippen LogP contribution is 2.13. The van der Waals surface area contributed by atoms with Crippen LogP contribution in [0.15, 0.2) is 23.8 Å². The topological polar surface area (TPSA) is 17.1 Å². The molecule has 0 heterocycles. The lowest BCUT2D eigenvalue weighted by atomic mass is 9.99. The minimum atomic E-state index is 0.537. The second-order valence-corrected chi connectivity index (χ2v) is 2.40. The molecule has 1 atom stereocenters. The first-order valence-corrected chi connectivity index (χ1v) is 3.16. The van der Waals surface area contributed by atoms with Gasteiger partial charge in [-0.05, 0) is 12.3 Å². The van der Waals surface area contributed by atoms with Gasteiger partial charge in [0.15, 0.2) is 0 Å². The van der Waals surface area contributed by atoms with Crippen molar-refractivity contribution in [3.8, 4) is 0 Å². The molecule has 0 spiro atoms. The quantitative estimate of drug-likeness (QED) is 0.484. The van der Waals surface area contributed by atoms with E-state index in [0.29, 0.717) is 5.92 Å². The second-order valence-electron chi connectivity index (χ2n) is 2.40. The first-order valence-electron chi connectivity index (χ1n) is 3.16. The van der Waals surface area contributed by atoms with Crippen LogP contribution >= 0.6 is 0 Å². The molecule has 0 saturated carbocycles. The van der Waals surface area contributed by atoms with Gasteiger partial charge in [0.1, 0.15) is 6.29 Å². The maximum atomic E-state index is 10.2. The fraction of sp³-hybridized carbons (Fsp3) is 0.375. The summed E-state index contributed by atoms with van der Waals surface area (Å²) in [6, 6.07) is 0. The van der Waals surface area contributed by atoms with Gasteiger partial charge < -0.3 is 0 Å². The zero-order valence-electron chi connectivity index (χ0n) is 5.50. The lowest BCUT2D eigenvalue weighted by Crippen LogP contribution is -1.95. The van der Waals surface area contributed by atoms with Crippen molar-refractivity contribution in [3.05, 3.63) is 23.8 Å². The molecule has 1 aliphatic rings. The molecule has 1 nitrogen and oxygen atoms in total. The van der Waals surface area contributed by atoms with Gasteiger partial charge in [-0.3, -0.25) is 4.79 Å². The first-order chi connectivity index (χ1) is 4.33. The summed E-state index contributed by atoms with van der Waals surface area (Å²) in [5.74, 6) is 0.537. The van der Waals surface area contributed by atoms with E-state index in [2.05, 4.69) is 6.92 Å². The molecule has 0 aliphatic heterocycles. The standard InChI is InChI=1S/C8H10O/c1-7-3-2-4-8(5-7)6-9/h2,4-7H,3H2,1H3/t7-/m1/s1. The number of rotatable bonds is 1. The van der Waals surface area contributed by atoms with Crippen LogP contribution in [0.1, 0.15) is 13.3 Å². The summed E-state index contributed by atoms with van der Waals surface area (Å²) < 4.78 is 0. The van der Waals surface area contributed by atoms with E-state index in [1.165, 1.54) is 0 Å². The van der Waals surface area contributed by atoms with E-state index >= 15 is 0 Å². The molecule has 0 aromatic carbocycles. The molecular weight excluding hydrogens is 112 g/mol. The summed E-state index contributed by atoms with van der Waals surface area (Å²) in [5.41, 5.74) is 0.814. The van der Waals surface area contributed by atoms with Gasteiger partial charge >= 0.3 is 0 Å². The molecule has 48 valence electrons. The van der Waals surface area contributed by atoms with Crippen LogP contribution in [0.3, 0.4) is 0 Å². The van der Waals surface area contributed by atoms with Crippen LogP contribution in [-0.2, 0) is 4.79 Å². The fourth-order valence-corrected chi connectivity index (χ4v) is 0.949. The number of carbonyl (C=O) groups excluding carboxylic acids is 1. The average Bonchev–Trinajstić information content (AvgIpc) is 1.88. The molecule has 1 heteroatoms. The van der Waals surface area contributed by atoms with Gasteiger partial charge in [0.25, 0.3) is 0 Å². The van der Waals surface area contributed by atoms with E-state index in [1.54, 1.807) is 0 Å². The zero-order valence-corrected chi connectivity index (χ0v) is 5.50. The molecule has 0 radical (unpaired) electrons. The highest BCUT2D eigenvalue weighted by atomic mass is 16.1. The van der Waals surface area contributed by atoms with Gasteiger partial charge in [-0.15, -0.1) is 0 Å². The SMILES string of the molecule is C[C@H]1C=C(C=O)C=CC1. The first kappa shape index (κ1) is 6.27. The number of allylic oxidation sites excluding steroid dienone is 4. The van der Waals surface area contributed by atoms with Gasteiger partial charge in [0, 0.05) is 5.57 Å². The molecule has 0 aromatic heterocycles. The monoisotopic (exact) mass is 122 g/mol. The Kier molecular flexibility index (Phi) is 1.83. The van der Waals surface area contributed by atoms with Crippen molar-refractivity contribution in [2.45, 2.75) is 13.3 Å². The molecular formula is C8H10O. The van der Waals surface area contributed by atoms with Crippen LogP contribution < -0.4 is 0 Å². The van der Waals surface area contributed by atoms with E-state index in [9.17, 15) is 4.79 Å². The normalized spacial score (nSPS) is 25.4. The van der Waals surface area contributed by atoms with Crippen LogP contribution in [0.25, 0.3) is 0 Å². The minimum absolute atomic E-state index is 0.537. The molecule has 9 heavy (non-hydrogen) atoms. The van der Waals surface area contributed by atoms with Crippen molar-refractivity contribution in [2.24, 2.45) is 5.92 Å². The highest BCUT2D eigenvalue weighted by molar-refractivity contribution is 5.77. The number of hydrogen-bond acceptors (Lipinski definition) is 1. The van der Waals surface area contributed by atoms with Gasteiger partial charge in [0.05, 0.1) is 0 Å². The van der Waals surface area contributed by atoms with Crippen molar-refractivity contribution in [2.75, 3.05) is 0 Å². The summed E-state index contributed by atoms with van der Waals surface area (Å²) >= 11 is 0. The lowest BCUT2D eigenvalue weighted by molar-refractivity contribution is -0.104. The molecule has 0 amide bonds. The second kappa shape index (κ2) is 2.62. The van der Waals surface area contributed by atoms with Crippen molar-refractivity contribution in [1.29, 1.82) is 0 Å². The molecule has 1 aliphatic carbocycles. The summed E-state index contributed by atoms with van der Waals surface area (Å²) in [7, 11) is 0. The smallest absolute Gasteiger partial charge is 0.149 e. The average molecular weight is 122 g/mol. The van der Waals surface area contributed by atoms with E-state index in [1.807, 2.05) is 18.2 Å². The largest absolute Gasteiger partial charge is 0.298 e. The van der Waals surface area contributed by atoms with Crippen molar-refractivity contribution >= 4 is 6.29 Å². The highest BCUT2D eigenvalue weighted by Gasteiger charge is 2.01. The Morgan fingerprint density at radius 3 is 3.00 bits per heavy atom. The number of carbonyl (C=O) groups is 1. The van der Waals surface area contributed by atoms with Crippen LogP contribution in [0.2, 0.25) is 0 Å². The molecule has 0 N–H and O–H groups in total. The van der Waals surface area contributed by atoms with Gasteiger partial charge in [0.2, 0.25) is 0 Å². The minimum Gasteiger partial charge on any atom is -0.298 e. The molecule has 0 unspecified atom stereocenters. The zero-order chi connectivity index (χ0) is 6.69. The fourth-order valence-electron chi connectivity index (χ4n) is 0.949. The third-order valence-electron chi connectivity index (χ3n) is 1.43. The van der Waals surface area contributed by atoms with Crippen LogP contribution in [0, 0.1) is 5.92 Å². The summed E-state index contributed by atoms with van der Waals surface area (Å²) in [4.78, 5) is 10.2. The summed E-state index contributed by atoms with van der Waals surface area (Å²) in [6.45, 7) is 2.10. The Morgan fingerprint density at radius 2 is 2.56 bits per heavy atom. The Morgan fingerprint density at radius 1 is 1.78 bits per heavy atom. The van der Waals surface area contributed by atoms with E-state index in [0.717, 1.165) is 18.3 Å². The lowest BCUT2D eigenvalue weighted by Gasteiger charge is -2.06. The van der Waals surface area contributed by atoms with E-state index < -0.39 is 0 Å². The summed E-state index contributed by atoms with van der Waals surface area (Å²) in [5, 5.41) is 0. The number of hydrogen-bond donors (Lipinski definition) is 0. The van der Waals surface area contributed by atoms with Gasteiger partial charge in [-0.25, -0.2) is 0 Å². The van der Waals surface area contributed by atoms with Crippen LogP contribution in [0.5, 0.6) is 0 Å².